The molecule has 4 rings (SSSR count). The first-order valence-electron chi connectivity index (χ1n) is 8.85. The zero-order valence-electron chi connectivity index (χ0n) is 16.0. The van der Waals surface area contributed by atoms with E-state index in [9.17, 15) is 20.5 Å². The van der Waals surface area contributed by atoms with E-state index in [2.05, 4.69) is 21.3 Å². The molecule has 30 heavy (non-hydrogen) atoms. The number of nitrogens with one attached hydrogen (secondary N) is 1. The highest BCUT2D eigenvalue weighted by Gasteiger charge is 2.23. The maximum atomic E-state index is 11.3. The van der Waals surface area contributed by atoms with Gasteiger partial charge in [0.25, 0.3) is 0 Å². The Morgan fingerprint density at radius 2 is 1.90 bits per heavy atom. The molecular weight excluding hydrogens is 386 g/mol. The van der Waals surface area contributed by atoms with Gasteiger partial charge in [-0.1, -0.05) is 6.07 Å². The highest BCUT2D eigenvalue weighted by Crippen LogP contribution is 2.40. The Morgan fingerprint density at radius 3 is 2.53 bits per heavy atom. The van der Waals surface area contributed by atoms with Gasteiger partial charge in [-0.2, -0.15) is 10.4 Å². The minimum Gasteiger partial charge on any atom is -0.502 e. The molecular formula is C21H15N5O4. The molecule has 9 heteroatoms. The van der Waals surface area contributed by atoms with Crippen LogP contribution in [-0.4, -0.2) is 32.3 Å². The molecule has 4 aromatic rings. The number of benzene rings is 2. The molecule has 2 heterocycles. The summed E-state index contributed by atoms with van der Waals surface area (Å²) in [6.07, 6.45) is 0. The van der Waals surface area contributed by atoms with Crippen LogP contribution in [0.5, 0.6) is 11.5 Å². The predicted octanol–water partition coefficient (Wildman–Crippen LogP) is 4.09. The number of pyridine rings is 1. The Bertz CT molecular complexity index is 1340. The number of nitrogens with zero attached hydrogens (tertiary/aromatic N) is 4. The number of methoxy groups -OCH3 is 1. The van der Waals surface area contributed by atoms with E-state index >= 15 is 0 Å². The summed E-state index contributed by atoms with van der Waals surface area (Å²) in [4.78, 5) is 15.2. The second kappa shape index (κ2) is 7.18. The molecule has 0 aliphatic heterocycles. The van der Waals surface area contributed by atoms with Crippen LogP contribution in [0.3, 0.4) is 0 Å². The van der Waals surface area contributed by atoms with Crippen LogP contribution in [-0.2, 0) is 0 Å². The first-order chi connectivity index (χ1) is 14.4. The van der Waals surface area contributed by atoms with E-state index in [4.69, 9.17) is 4.74 Å². The van der Waals surface area contributed by atoms with Gasteiger partial charge in [0.1, 0.15) is 11.8 Å². The minimum atomic E-state index is -0.671. The summed E-state index contributed by atoms with van der Waals surface area (Å²) in [6.45, 7) is 1.78. The largest absolute Gasteiger partial charge is 0.502 e. The van der Waals surface area contributed by atoms with Crippen LogP contribution in [0.15, 0.2) is 42.5 Å². The van der Waals surface area contributed by atoms with Crippen molar-refractivity contribution in [2.24, 2.45) is 0 Å². The third kappa shape index (κ3) is 2.97. The number of aromatic hydroxyl groups is 1. The number of hydrogen-bond acceptors (Lipinski definition) is 7. The van der Waals surface area contributed by atoms with E-state index in [0.29, 0.717) is 44.9 Å². The maximum absolute atomic E-state index is 11.3. The van der Waals surface area contributed by atoms with Crippen molar-refractivity contribution < 1.29 is 14.8 Å². The Balaban J connectivity index is 2.08. The molecule has 0 spiro atoms. The van der Waals surface area contributed by atoms with E-state index in [1.807, 2.05) is 0 Å². The number of H-pyrrole nitrogens is 1. The van der Waals surface area contributed by atoms with E-state index in [1.165, 1.54) is 18.2 Å². The number of aromatic amines is 1. The average molecular weight is 401 g/mol. The fourth-order valence-electron chi connectivity index (χ4n) is 3.38. The fraction of sp³-hybridized carbons (Fsp3) is 0.0952. The van der Waals surface area contributed by atoms with Crippen molar-refractivity contribution >= 4 is 16.7 Å². The first-order valence-corrected chi connectivity index (χ1v) is 8.85. The average Bonchev–Trinajstić information content (AvgIpc) is 3.13. The Morgan fingerprint density at radius 1 is 1.20 bits per heavy atom. The van der Waals surface area contributed by atoms with Crippen LogP contribution in [0.2, 0.25) is 0 Å². The summed E-state index contributed by atoms with van der Waals surface area (Å²) in [5, 5.41) is 38.8. The monoisotopic (exact) mass is 401 g/mol. The third-order valence-electron chi connectivity index (χ3n) is 4.82. The lowest BCUT2D eigenvalue weighted by molar-refractivity contribution is -0.385. The van der Waals surface area contributed by atoms with Gasteiger partial charge in [0.15, 0.2) is 11.4 Å². The van der Waals surface area contributed by atoms with Gasteiger partial charge < -0.3 is 9.84 Å². The molecule has 2 aromatic carbocycles. The van der Waals surface area contributed by atoms with Crippen LogP contribution in [0.4, 0.5) is 5.69 Å². The molecule has 0 unspecified atom stereocenters. The quantitative estimate of drug-likeness (QED) is 0.388. The number of hydrogen-bond donors (Lipinski definition) is 2. The lowest BCUT2D eigenvalue weighted by Crippen LogP contribution is -1.97. The fourth-order valence-corrected chi connectivity index (χ4v) is 3.38. The van der Waals surface area contributed by atoms with Gasteiger partial charge in [0.2, 0.25) is 0 Å². The number of fused-ring (bicyclic) bond motifs is 1. The second-order valence-electron chi connectivity index (χ2n) is 6.56. The van der Waals surface area contributed by atoms with Gasteiger partial charge in [-0.05, 0) is 42.8 Å². The zero-order chi connectivity index (χ0) is 21.4. The van der Waals surface area contributed by atoms with Crippen molar-refractivity contribution in [2.45, 2.75) is 6.92 Å². The summed E-state index contributed by atoms with van der Waals surface area (Å²) < 4.78 is 5.18. The lowest BCUT2D eigenvalue weighted by Gasteiger charge is -2.12. The SMILES string of the molecule is COc1ccc(-c2nc3n[nH]c(C)c3c(-c3ccc(O)c([N+](=O)[O-])c3)c2C#N)cc1. The Labute approximate surface area is 170 Å². The van der Waals surface area contributed by atoms with Gasteiger partial charge in [-0.25, -0.2) is 4.98 Å². The van der Waals surface area contributed by atoms with Crippen molar-refractivity contribution in [2.75, 3.05) is 7.11 Å². The molecule has 0 saturated carbocycles. The summed E-state index contributed by atoms with van der Waals surface area (Å²) in [5.74, 6) is 0.204. The Kier molecular flexibility index (Phi) is 4.52. The summed E-state index contributed by atoms with van der Waals surface area (Å²) in [5.41, 5.74) is 2.77. The highest BCUT2D eigenvalue weighted by atomic mass is 16.6. The van der Waals surface area contributed by atoms with Gasteiger partial charge >= 0.3 is 5.69 Å². The molecule has 148 valence electrons. The van der Waals surface area contributed by atoms with Crippen LogP contribution in [0.1, 0.15) is 11.3 Å². The summed E-state index contributed by atoms with van der Waals surface area (Å²) in [6, 6.07) is 13.3. The number of aromatic nitrogens is 3. The van der Waals surface area contributed by atoms with Crippen molar-refractivity contribution in [3.63, 3.8) is 0 Å². The number of phenolic OH excluding ortho intramolecular Hbond substituents is 1. The van der Waals surface area contributed by atoms with Crippen molar-refractivity contribution in [3.05, 3.63) is 63.8 Å². The van der Waals surface area contributed by atoms with E-state index in [1.54, 1.807) is 38.3 Å². The van der Waals surface area contributed by atoms with Gasteiger partial charge in [0, 0.05) is 22.9 Å². The number of aryl methyl sites for hydroxylation is 1. The molecule has 0 atom stereocenters. The van der Waals surface area contributed by atoms with Crippen LogP contribution < -0.4 is 4.74 Å². The van der Waals surface area contributed by atoms with E-state index < -0.39 is 16.4 Å². The molecule has 0 fully saturated rings. The van der Waals surface area contributed by atoms with Crippen molar-refractivity contribution in [1.29, 1.82) is 5.26 Å². The smallest absolute Gasteiger partial charge is 0.311 e. The summed E-state index contributed by atoms with van der Waals surface area (Å²) in [7, 11) is 1.56. The predicted molar refractivity (Wildman–Crippen MR) is 109 cm³/mol. The standard InChI is InChI=1S/C21H15N5O4/c1-11-18-19(13-5-8-17(27)16(9-13)26(28)29)15(10-22)20(23-21(18)25-24-11)12-3-6-14(30-2)7-4-12/h3-9,27H,1-2H3,(H,23,24,25). The molecule has 0 aliphatic carbocycles. The number of nitro benzene ring substituents is 1. The normalized spacial score (nSPS) is 10.7. The molecule has 0 bridgehead atoms. The molecule has 9 nitrogen and oxygen atoms in total. The zero-order valence-corrected chi connectivity index (χ0v) is 16.0. The van der Waals surface area contributed by atoms with E-state index in [-0.39, 0.29) is 5.56 Å². The van der Waals surface area contributed by atoms with Crippen LogP contribution in [0.25, 0.3) is 33.4 Å². The maximum Gasteiger partial charge on any atom is 0.311 e. The number of phenols is 1. The van der Waals surface area contributed by atoms with Crippen molar-refractivity contribution in [1.82, 2.24) is 15.2 Å². The van der Waals surface area contributed by atoms with Crippen molar-refractivity contribution in [3.8, 4) is 40.0 Å². The van der Waals surface area contributed by atoms with Gasteiger partial charge in [0.05, 0.1) is 28.7 Å². The topological polar surface area (TPSA) is 138 Å². The van der Waals surface area contributed by atoms with Gasteiger partial charge in [-0.15, -0.1) is 0 Å². The number of rotatable bonds is 4. The lowest BCUT2D eigenvalue weighted by atomic mass is 9.93. The second-order valence-corrected chi connectivity index (χ2v) is 6.56. The van der Waals surface area contributed by atoms with Crippen LogP contribution in [0, 0.1) is 28.4 Å². The Hall–Kier alpha value is -4.45. The number of nitro groups is 1. The number of ether oxygens (including phenoxy) is 1. The molecule has 0 saturated heterocycles. The highest BCUT2D eigenvalue weighted by molar-refractivity contribution is 6.01. The molecule has 2 aromatic heterocycles. The summed E-state index contributed by atoms with van der Waals surface area (Å²) >= 11 is 0. The molecule has 0 aliphatic rings. The minimum absolute atomic E-state index is 0.247. The first kappa shape index (κ1) is 18.9. The van der Waals surface area contributed by atoms with E-state index in [0.717, 1.165) is 0 Å². The van der Waals surface area contributed by atoms with Gasteiger partial charge in [-0.3, -0.25) is 15.2 Å². The molecule has 0 amide bonds. The molecule has 0 radical (unpaired) electrons. The number of nitriles is 1. The van der Waals surface area contributed by atoms with Crippen LogP contribution >= 0.6 is 0 Å². The molecule has 2 N–H and O–H groups in total. The third-order valence-corrected chi connectivity index (χ3v) is 4.82.